The zero-order valence-corrected chi connectivity index (χ0v) is 26.0. The average Bonchev–Trinajstić information content (AvgIpc) is 3.66. The monoisotopic (exact) mass is 626 g/mol. The van der Waals surface area contributed by atoms with Gasteiger partial charge in [-0.15, -0.1) is 0 Å². The van der Waals surface area contributed by atoms with Crippen LogP contribution in [-0.4, -0.2) is 9.97 Å². The van der Waals surface area contributed by atoms with Crippen molar-refractivity contribution < 1.29 is 23.2 Å². The SMILES string of the molecule is C1=C[C]([Zr][C]2(c3ccccn3)C=Cc3c(-c4ccccc4)cccc32)(c2ccccn2)c2cccc(-c3ccccc3)c21. The van der Waals surface area contributed by atoms with Gasteiger partial charge in [0, 0.05) is 0 Å². The number of hydrogen-bond acceptors (Lipinski definition) is 2. The number of fused-ring (bicyclic) bond motifs is 2. The van der Waals surface area contributed by atoms with E-state index in [2.05, 4.69) is 146 Å². The molecule has 2 unspecified atom stereocenters. The molecule has 2 aromatic heterocycles. The Morgan fingerprint density at radius 3 is 1.28 bits per heavy atom. The van der Waals surface area contributed by atoms with Crippen LogP contribution in [0.2, 0.25) is 0 Å². The minimum atomic E-state index is -1.58. The molecule has 0 bridgehead atoms. The summed E-state index contributed by atoms with van der Waals surface area (Å²) < 4.78 is -0.589. The molecule has 6 aromatic rings. The van der Waals surface area contributed by atoms with Crippen molar-refractivity contribution in [3.05, 3.63) is 192 Å². The summed E-state index contributed by atoms with van der Waals surface area (Å²) in [5.74, 6) is 0. The Morgan fingerprint density at radius 1 is 0.419 bits per heavy atom. The summed E-state index contributed by atoms with van der Waals surface area (Å²) in [5, 5.41) is 0. The maximum atomic E-state index is 5.07. The Balaban J connectivity index is 1.37. The van der Waals surface area contributed by atoms with Crippen molar-refractivity contribution in [1.82, 2.24) is 9.97 Å². The number of pyridine rings is 2. The van der Waals surface area contributed by atoms with Crippen LogP contribution in [0.4, 0.5) is 0 Å². The molecular weight excluding hydrogens is 600 g/mol. The standard InChI is InChI=1S/2C20H14N.Zr/c2*1-2-7-15(8-3-1)16-9-6-10-17-18(16)12-13-19(17)20-11-4-5-14-21-20;/h2*1-14H;. The van der Waals surface area contributed by atoms with Gasteiger partial charge in [-0.2, -0.15) is 0 Å². The second-order valence-electron chi connectivity index (χ2n) is 11.1. The molecule has 2 aliphatic rings. The zero-order chi connectivity index (χ0) is 28.7. The molecule has 0 radical (unpaired) electrons. The molecule has 2 nitrogen and oxygen atoms in total. The first-order valence-corrected chi connectivity index (χ1v) is 17.1. The molecule has 0 N–H and O–H groups in total. The number of nitrogens with zero attached hydrogens (tertiary/aromatic N) is 2. The second-order valence-corrected chi connectivity index (χ2v) is 15.6. The van der Waals surface area contributed by atoms with Crippen LogP contribution in [0.1, 0.15) is 33.6 Å². The first kappa shape index (κ1) is 26.2. The van der Waals surface area contributed by atoms with Gasteiger partial charge in [0.05, 0.1) is 0 Å². The molecule has 0 spiro atoms. The average molecular weight is 628 g/mol. The second kappa shape index (κ2) is 10.7. The summed E-state index contributed by atoms with van der Waals surface area (Å²) in [5.41, 5.74) is 12.6. The van der Waals surface area contributed by atoms with Crippen LogP contribution in [0.15, 0.2) is 158 Å². The quantitative estimate of drug-likeness (QED) is 0.184. The topological polar surface area (TPSA) is 25.8 Å². The molecule has 43 heavy (non-hydrogen) atoms. The van der Waals surface area contributed by atoms with E-state index in [9.17, 15) is 0 Å². The van der Waals surface area contributed by atoms with E-state index < -0.39 is 23.2 Å². The van der Waals surface area contributed by atoms with Gasteiger partial charge in [0.15, 0.2) is 0 Å². The van der Waals surface area contributed by atoms with Gasteiger partial charge in [-0.25, -0.2) is 0 Å². The number of aromatic nitrogens is 2. The van der Waals surface area contributed by atoms with Crippen LogP contribution < -0.4 is 0 Å². The molecule has 3 heteroatoms. The predicted molar refractivity (Wildman–Crippen MR) is 172 cm³/mol. The van der Waals surface area contributed by atoms with Gasteiger partial charge in [-0.3, -0.25) is 0 Å². The molecule has 2 aliphatic carbocycles. The van der Waals surface area contributed by atoms with Crippen molar-refractivity contribution >= 4 is 12.2 Å². The van der Waals surface area contributed by atoms with Crippen molar-refractivity contribution in [3.8, 4) is 22.3 Å². The van der Waals surface area contributed by atoms with Crippen molar-refractivity contribution in [1.29, 1.82) is 0 Å². The molecule has 0 fully saturated rings. The zero-order valence-electron chi connectivity index (χ0n) is 23.6. The van der Waals surface area contributed by atoms with E-state index in [1.165, 1.54) is 44.5 Å². The van der Waals surface area contributed by atoms with Crippen molar-refractivity contribution in [2.45, 2.75) is 6.25 Å². The molecule has 8 rings (SSSR count). The Morgan fingerprint density at radius 2 is 0.860 bits per heavy atom. The van der Waals surface area contributed by atoms with Gasteiger partial charge in [0.2, 0.25) is 0 Å². The van der Waals surface area contributed by atoms with Crippen LogP contribution in [0.5, 0.6) is 0 Å². The van der Waals surface area contributed by atoms with E-state index >= 15 is 0 Å². The van der Waals surface area contributed by atoms with E-state index in [0.717, 1.165) is 11.4 Å². The molecule has 0 amide bonds. The summed E-state index contributed by atoms with van der Waals surface area (Å²) in [6.45, 7) is 0. The van der Waals surface area contributed by atoms with Crippen LogP contribution >= 0.6 is 0 Å². The fraction of sp³-hybridized carbons (Fsp3) is 0.0500. The summed E-state index contributed by atoms with van der Waals surface area (Å²) >= 11 is -1.58. The Bertz CT molecular complexity index is 1840. The van der Waals surface area contributed by atoms with Gasteiger partial charge in [-0.1, -0.05) is 0 Å². The van der Waals surface area contributed by atoms with E-state index in [1.54, 1.807) is 0 Å². The van der Waals surface area contributed by atoms with Crippen molar-refractivity contribution in [2.24, 2.45) is 0 Å². The van der Waals surface area contributed by atoms with E-state index in [-0.39, 0.29) is 6.25 Å². The molecule has 4 aromatic carbocycles. The number of hydrogen-bond donors (Lipinski definition) is 0. The van der Waals surface area contributed by atoms with E-state index in [4.69, 9.17) is 9.97 Å². The van der Waals surface area contributed by atoms with Crippen molar-refractivity contribution in [3.63, 3.8) is 0 Å². The first-order valence-electron chi connectivity index (χ1n) is 14.7. The summed E-state index contributed by atoms with van der Waals surface area (Å²) in [6.07, 6.45) is 13.6. The Hall–Kier alpha value is -4.46. The molecule has 2 heterocycles. The minimum absolute atomic E-state index is 0.295. The van der Waals surface area contributed by atoms with Gasteiger partial charge in [0.25, 0.3) is 0 Å². The third-order valence-electron chi connectivity index (χ3n) is 8.76. The van der Waals surface area contributed by atoms with Gasteiger partial charge < -0.3 is 0 Å². The van der Waals surface area contributed by atoms with E-state index in [1.807, 2.05) is 24.5 Å². The fourth-order valence-corrected chi connectivity index (χ4v) is 12.2. The van der Waals surface area contributed by atoms with Gasteiger partial charge in [-0.05, 0) is 0 Å². The number of rotatable bonds is 6. The molecule has 2 atom stereocenters. The summed E-state index contributed by atoms with van der Waals surface area (Å²) in [4.78, 5) is 10.1. The van der Waals surface area contributed by atoms with Crippen LogP contribution in [-0.2, 0) is 29.5 Å². The van der Waals surface area contributed by atoms with Crippen LogP contribution in [0.3, 0.4) is 0 Å². The normalized spacial score (nSPS) is 19.6. The Kier molecular flexibility index (Phi) is 6.50. The number of allylic oxidation sites excluding steroid dienone is 2. The summed E-state index contributed by atoms with van der Waals surface area (Å²) in [6, 6.07) is 47.9. The van der Waals surface area contributed by atoms with E-state index in [0.29, 0.717) is 0 Å². The van der Waals surface area contributed by atoms with Crippen molar-refractivity contribution in [2.75, 3.05) is 0 Å². The third kappa shape index (κ3) is 4.26. The van der Waals surface area contributed by atoms with Crippen LogP contribution in [0, 0.1) is 0 Å². The maximum absolute atomic E-state index is 5.07. The van der Waals surface area contributed by atoms with Gasteiger partial charge >= 0.3 is 266 Å². The molecule has 202 valence electrons. The van der Waals surface area contributed by atoms with Crippen LogP contribution in [0.25, 0.3) is 34.4 Å². The molecule has 0 saturated heterocycles. The molecule has 0 saturated carbocycles. The summed E-state index contributed by atoms with van der Waals surface area (Å²) in [7, 11) is 0. The molecular formula is C40H28N2Zr. The first-order chi connectivity index (χ1) is 21.3. The number of benzene rings is 4. The fourth-order valence-electron chi connectivity index (χ4n) is 6.81. The molecule has 0 aliphatic heterocycles. The third-order valence-corrected chi connectivity index (χ3v) is 14.1. The van der Waals surface area contributed by atoms with Gasteiger partial charge in [0.1, 0.15) is 0 Å². The Labute approximate surface area is 264 Å². The predicted octanol–water partition coefficient (Wildman–Crippen LogP) is 9.13.